The van der Waals surface area contributed by atoms with Crippen molar-refractivity contribution in [2.75, 3.05) is 0 Å². The van der Waals surface area contributed by atoms with E-state index >= 15 is 0 Å². The second-order valence-electron chi connectivity index (χ2n) is 4.79. The Morgan fingerprint density at radius 3 is 2.68 bits per heavy atom. The highest BCUT2D eigenvalue weighted by molar-refractivity contribution is 7.12. The van der Waals surface area contributed by atoms with Crippen LogP contribution < -0.4 is 0 Å². The maximum atomic E-state index is 12.2. The summed E-state index contributed by atoms with van der Waals surface area (Å²) in [5.41, 5.74) is 1.93. The predicted octanol–water partition coefficient (Wildman–Crippen LogP) is 4.04. The summed E-state index contributed by atoms with van der Waals surface area (Å²) in [7, 11) is 0. The molecule has 0 spiro atoms. The van der Waals surface area contributed by atoms with Gasteiger partial charge in [-0.25, -0.2) is 0 Å². The van der Waals surface area contributed by atoms with Crippen LogP contribution in [-0.2, 0) is 6.42 Å². The normalized spacial score (nSPS) is 11.2. The van der Waals surface area contributed by atoms with Crippen molar-refractivity contribution in [2.45, 2.75) is 46.1 Å². The molecule has 0 N–H and O–H groups in total. The average Bonchev–Trinajstić information content (AvgIpc) is 3.00. The Labute approximate surface area is 118 Å². The van der Waals surface area contributed by atoms with Crippen LogP contribution in [0.3, 0.4) is 0 Å². The molecule has 0 aliphatic heterocycles. The third kappa shape index (κ3) is 3.13. The molecule has 0 aliphatic carbocycles. The van der Waals surface area contributed by atoms with Gasteiger partial charge in [-0.2, -0.15) is 5.10 Å². The van der Waals surface area contributed by atoms with Crippen LogP contribution in [0.25, 0.3) is 0 Å². The molecule has 0 amide bonds. The van der Waals surface area contributed by atoms with E-state index in [1.165, 1.54) is 11.3 Å². The summed E-state index contributed by atoms with van der Waals surface area (Å²) in [6, 6.07) is 4.38. The number of aryl methyl sites for hydroxylation is 1. The average molecular weight is 276 g/mol. The van der Waals surface area contributed by atoms with E-state index in [9.17, 15) is 4.79 Å². The second-order valence-corrected chi connectivity index (χ2v) is 5.71. The van der Waals surface area contributed by atoms with E-state index in [-0.39, 0.29) is 5.78 Å². The quantitative estimate of drug-likeness (QED) is 0.746. The zero-order valence-electron chi connectivity index (χ0n) is 11.7. The van der Waals surface area contributed by atoms with Crippen LogP contribution in [0, 0.1) is 6.92 Å². The smallest absolute Gasteiger partial charge is 0.179 e. The number of hydrogen-bond acceptors (Lipinski definition) is 3. The lowest BCUT2D eigenvalue weighted by Gasteiger charge is -2.12. The molecule has 0 aromatic carbocycles. The molecule has 3 nitrogen and oxygen atoms in total. The minimum Gasteiger partial charge on any atom is -0.293 e. The van der Waals surface area contributed by atoms with Gasteiger partial charge in [-0.3, -0.25) is 9.48 Å². The van der Waals surface area contributed by atoms with Crippen molar-refractivity contribution in [1.82, 2.24) is 9.78 Å². The van der Waals surface area contributed by atoms with Crippen molar-refractivity contribution in [2.24, 2.45) is 0 Å². The van der Waals surface area contributed by atoms with Gasteiger partial charge in [0.2, 0.25) is 0 Å². The first-order valence-electron chi connectivity index (χ1n) is 6.77. The van der Waals surface area contributed by atoms with Crippen molar-refractivity contribution < 1.29 is 4.79 Å². The number of aromatic nitrogens is 2. The molecule has 2 rings (SSSR count). The fourth-order valence-corrected chi connectivity index (χ4v) is 3.11. The number of carbonyl (C=O) groups is 1. The van der Waals surface area contributed by atoms with E-state index in [0.29, 0.717) is 12.5 Å². The lowest BCUT2D eigenvalue weighted by molar-refractivity contribution is 0.0995. The Hall–Kier alpha value is -1.42. The molecular formula is C15H20N2OS. The van der Waals surface area contributed by atoms with Crippen molar-refractivity contribution >= 4 is 17.1 Å². The maximum absolute atomic E-state index is 12.2. The van der Waals surface area contributed by atoms with Gasteiger partial charge in [-0.05, 0) is 42.8 Å². The number of carbonyl (C=O) groups excluding carboxylic acids is 1. The third-order valence-electron chi connectivity index (χ3n) is 3.44. The van der Waals surface area contributed by atoms with Crippen LogP contribution >= 0.6 is 11.3 Å². The number of thiophene rings is 1. The number of rotatable bonds is 6. The summed E-state index contributed by atoms with van der Waals surface area (Å²) in [4.78, 5) is 13.0. The number of hydrogen-bond donors (Lipinski definition) is 0. The zero-order chi connectivity index (χ0) is 13.8. The molecule has 0 saturated heterocycles. The van der Waals surface area contributed by atoms with Gasteiger partial charge in [-0.15, -0.1) is 11.3 Å². The van der Waals surface area contributed by atoms with Gasteiger partial charge in [0.05, 0.1) is 23.0 Å². The molecule has 0 unspecified atom stereocenters. The molecule has 102 valence electrons. The minimum absolute atomic E-state index is 0.169. The standard InChI is InChI=1S/C15H20N2OS/c1-4-13(5-2)17-8-6-12(16-17)10-14(18)15-11(3)7-9-19-15/h6-9,13H,4-5,10H2,1-3H3. The van der Waals surface area contributed by atoms with Crippen LogP contribution in [0.5, 0.6) is 0 Å². The van der Waals surface area contributed by atoms with Gasteiger partial charge in [-0.1, -0.05) is 13.8 Å². The van der Waals surface area contributed by atoms with Crippen LogP contribution in [-0.4, -0.2) is 15.6 Å². The first kappa shape index (κ1) is 14.0. The van der Waals surface area contributed by atoms with E-state index in [1.54, 1.807) is 0 Å². The molecule has 4 heteroatoms. The Morgan fingerprint density at radius 2 is 2.11 bits per heavy atom. The molecule has 0 bridgehead atoms. The molecule has 0 aliphatic rings. The molecule has 0 fully saturated rings. The van der Waals surface area contributed by atoms with E-state index in [1.807, 2.05) is 35.3 Å². The number of nitrogens with zero attached hydrogens (tertiary/aromatic N) is 2. The number of ketones is 1. The molecule has 0 radical (unpaired) electrons. The summed E-state index contributed by atoms with van der Waals surface area (Å²) in [6.45, 7) is 6.30. The summed E-state index contributed by atoms with van der Waals surface area (Å²) < 4.78 is 1.99. The Morgan fingerprint density at radius 1 is 1.37 bits per heavy atom. The highest BCUT2D eigenvalue weighted by atomic mass is 32.1. The molecular weight excluding hydrogens is 256 g/mol. The summed E-state index contributed by atoms with van der Waals surface area (Å²) in [6.07, 6.45) is 4.52. The summed E-state index contributed by atoms with van der Waals surface area (Å²) in [5.74, 6) is 0.169. The lowest BCUT2D eigenvalue weighted by atomic mass is 10.1. The topological polar surface area (TPSA) is 34.9 Å². The Kier molecular flexibility index (Phi) is 4.53. The van der Waals surface area contributed by atoms with Crippen molar-refractivity contribution in [1.29, 1.82) is 0 Å². The fraction of sp³-hybridized carbons (Fsp3) is 0.467. The maximum Gasteiger partial charge on any atom is 0.179 e. The summed E-state index contributed by atoms with van der Waals surface area (Å²) >= 11 is 1.51. The highest BCUT2D eigenvalue weighted by Gasteiger charge is 2.14. The van der Waals surface area contributed by atoms with Crippen LogP contribution in [0.1, 0.15) is 53.7 Å². The molecule has 19 heavy (non-hydrogen) atoms. The first-order valence-corrected chi connectivity index (χ1v) is 7.65. The largest absolute Gasteiger partial charge is 0.293 e. The van der Waals surface area contributed by atoms with Gasteiger partial charge in [0.1, 0.15) is 0 Å². The van der Waals surface area contributed by atoms with E-state index in [2.05, 4.69) is 18.9 Å². The third-order valence-corrected chi connectivity index (χ3v) is 4.49. The van der Waals surface area contributed by atoms with Gasteiger partial charge in [0.15, 0.2) is 5.78 Å². The monoisotopic (exact) mass is 276 g/mol. The van der Waals surface area contributed by atoms with Crippen molar-refractivity contribution in [3.05, 3.63) is 39.8 Å². The van der Waals surface area contributed by atoms with Crippen LogP contribution in [0.15, 0.2) is 23.7 Å². The minimum atomic E-state index is 0.169. The predicted molar refractivity (Wildman–Crippen MR) is 78.9 cm³/mol. The van der Waals surface area contributed by atoms with Gasteiger partial charge in [0.25, 0.3) is 0 Å². The number of Topliss-reactive ketones (excluding diaryl/α,β-unsaturated/α-hetero) is 1. The SMILES string of the molecule is CCC(CC)n1ccc(CC(=O)c2sccc2C)n1. The Bertz CT molecular complexity index is 552. The van der Waals surface area contributed by atoms with Gasteiger partial charge < -0.3 is 0 Å². The molecule has 0 saturated carbocycles. The van der Waals surface area contributed by atoms with E-state index in [0.717, 1.165) is 29.0 Å². The van der Waals surface area contributed by atoms with E-state index < -0.39 is 0 Å². The van der Waals surface area contributed by atoms with Gasteiger partial charge in [0, 0.05) is 6.20 Å². The van der Waals surface area contributed by atoms with E-state index in [4.69, 9.17) is 0 Å². The fourth-order valence-electron chi connectivity index (χ4n) is 2.24. The Balaban J connectivity index is 2.08. The molecule has 0 atom stereocenters. The lowest BCUT2D eigenvalue weighted by Crippen LogP contribution is -2.09. The zero-order valence-corrected chi connectivity index (χ0v) is 12.5. The molecule has 2 heterocycles. The van der Waals surface area contributed by atoms with Crippen LogP contribution in [0.4, 0.5) is 0 Å². The van der Waals surface area contributed by atoms with Crippen LogP contribution in [0.2, 0.25) is 0 Å². The molecule has 2 aromatic heterocycles. The summed E-state index contributed by atoms with van der Waals surface area (Å²) in [5, 5.41) is 6.50. The highest BCUT2D eigenvalue weighted by Crippen LogP contribution is 2.19. The van der Waals surface area contributed by atoms with Crippen molar-refractivity contribution in [3.8, 4) is 0 Å². The first-order chi connectivity index (χ1) is 9.15. The second kappa shape index (κ2) is 6.15. The molecule has 2 aromatic rings. The van der Waals surface area contributed by atoms with Gasteiger partial charge >= 0.3 is 0 Å². The van der Waals surface area contributed by atoms with Crippen molar-refractivity contribution in [3.63, 3.8) is 0 Å².